The zero-order chi connectivity index (χ0) is 16.1. The van der Waals surface area contributed by atoms with Crippen molar-refractivity contribution in [1.29, 1.82) is 0 Å². The molecule has 0 saturated carbocycles. The van der Waals surface area contributed by atoms with E-state index in [1.807, 2.05) is 47.0 Å². The molecule has 0 radical (unpaired) electrons. The van der Waals surface area contributed by atoms with Gasteiger partial charge in [0.2, 0.25) is 0 Å². The number of rotatable bonds is 6. The quantitative estimate of drug-likeness (QED) is 0.679. The summed E-state index contributed by atoms with van der Waals surface area (Å²) in [4.78, 5) is 4.32. The standard InChI is InChI=1S/C16H15ClN4OS/c1-22-11-10-21-15(12-5-7-13(17)8-6-12)19-20-16(21)23-14-4-2-3-9-18-14/h2-9H,10-11H2,1H3. The van der Waals surface area contributed by atoms with Gasteiger partial charge in [0.05, 0.1) is 13.2 Å². The van der Waals surface area contributed by atoms with Gasteiger partial charge in [0.15, 0.2) is 11.0 Å². The van der Waals surface area contributed by atoms with Crippen LogP contribution in [-0.4, -0.2) is 33.5 Å². The Morgan fingerprint density at radius 2 is 1.96 bits per heavy atom. The topological polar surface area (TPSA) is 52.8 Å². The molecule has 2 aromatic heterocycles. The molecule has 118 valence electrons. The van der Waals surface area contributed by atoms with E-state index in [0.717, 1.165) is 21.6 Å². The highest BCUT2D eigenvalue weighted by Crippen LogP contribution is 2.28. The molecule has 5 nitrogen and oxygen atoms in total. The summed E-state index contributed by atoms with van der Waals surface area (Å²) in [5, 5.41) is 11.0. The molecule has 0 unspecified atom stereocenters. The van der Waals surface area contributed by atoms with Gasteiger partial charge in [0, 0.05) is 23.9 Å². The summed E-state index contributed by atoms with van der Waals surface area (Å²) in [6.07, 6.45) is 1.76. The van der Waals surface area contributed by atoms with Gasteiger partial charge in [-0.25, -0.2) is 4.98 Å². The fourth-order valence-corrected chi connectivity index (χ4v) is 3.00. The second-order valence-corrected chi connectivity index (χ2v) is 6.15. The molecular formula is C16H15ClN4OS. The van der Waals surface area contributed by atoms with Crippen LogP contribution in [-0.2, 0) is 11.3 Å². The summed E-state index contributed by atoms with van der Waals surface area (Å²) in [6.45, 7) is 1.24. The van der Waals surface area contributed by atoms with E-state index in [2.05, 4.69) is 15.2 Å². The molecule has 7 heteroatoms. The minimum atomic E-state index is 0.578. The number of halogens is 1. The third kappa shape index (κ3) is 3.90. The normalized spacial score (nSPS) is 10.9. The van der Waals surface area contributed by atoms with Crippen LogP contribution in [0.15, 0.2) is 58.8 Å². The van der Waals surface area contributed by atoms with Crippen LogP contribution in [0.4, 0.5) is 0 Å². The van der Waals surface area contributed by atoms with E-state index in [9.17, 15) is 0 Å². The van der Waals surface area contributed by atoms with Crippen molar-refractivity contribution in [2.75, 3.05) is 13.7 Å². The van der Waals surface area contributed by atoms with Gasteiger partial charge in [0.25, 0.3) is 0 Å². The van der Waals surface area contributed by atoms with Crippen LogP contribution in [0.5, 0.6) is 0 Å². The molecule has 0 amide bonds. The van der Waals surface area contributed by atoms with Gasteiger partial charge in [-0.15, -0.1) is 10.2 Å². The Hall–Kier alpha value is -1.89. The van der Waals surface area contributed by atoms with E-state index < -0.39 is 0 Å². The molecule has 0 bridgehead atoms. The maximum Gasteiger partial charge on any atom is 0.197 e. The molecular weight excluding hydrogens is 332 g/mol. The molecule has 0 aliphatic carbocycles. The number of nitrogens with zero attached hydrogens (tertiary/aromatic N) is 4. The zero-order valence-corrected chi connectivity index (χ0v) is 14.1. The lowest BCUT2D eigenvalue weighted by atomic mass is 10.2. The van der Waals surface area contributed by atoms with Crippen LogP contribution in [0.25, 0.3) is 11.4 Å². The van der Waals surface area contributed by atoms with E-state index in [1.165, 1.54) is 11.8 Å². The monoisotopic (exact) mass is 346 g/mol. The van der Waals surface area contributed by atoms with Gasteiger partial charge in [-0.1, -0.05) is 17.7 Å². The lowest BCUT2D eigenvalue weighted by Gasteiger charge is -2.09. The van der Waals surface area contributed by atoms with E-state index in [0.29, 0.717) is 18.2 Å². The molecule has 0 atom stereocenters. The second kappa shape index (κ2) is 7.59. The first kappa shape index (κ1) is 16.0. The predicted molar refractivity (Wildman–Crippen MR) is 90.7 cm³/mol. The molecule has 2 heterocycles. The van der Waals surface area contributed by atoms with Gasteiger partial charge in [0.1, 0.15) is 5.03 Å². The summed E-state index contributed by atoms with van der Waals surface area (Å²) in [5.41, 5.74) is 0.964. The Morgan fingerprint density at radius 1 is 1.13 bits per heavy atom. The van der Waals surface area contributed by atoms with Crippen LogP contribution in [0.1, 0.15) is 0 Å². The van der Waals surface area contributed by atoms with E-state index in [1.54, 1.807) is 13.3 Å². The molecule has 3 rings (SSSR count). The fraction of sp³-hybridized carbons (Fsp3) is 0.188. The molecule has 0 fully saturated rings. The molecule has 0 spiro atoms. The SMILES string of the molecule is COCCn1c(Sc2ccccn2)nnc1-c1ccc(Cl)cc1. The zero-order valence-electron chi connectivity index (χ0n) is 12.5. The maximum absolute atomic E-state index is 5.96. The highest BCUT2D eigenvalue weighted by molar-refractivity contribution is 7.99. The van der Waals surface area contributed by atoms with Crippen molar-refractivity contribution in [2.45, 2.75) is 16.7 Å². The van der Waals surface area contributed by atoms with Crippen LogP contribution >= 0.6 is 23.4 Å². The summed E-state index contributed by atoms with van der Waals surface area (Å²) in [6, 6.07) is 13.3. The van der Waals surface area contributed by atoms with Crippen molar-refractivity contribution >= 4 is 23.4 Å². The Bertz CT molecular complexity index is 762. The van der Waals surface area contributed by atoms with Crippen LogP contribution in [0, 0.1) is 0 Å². The first-order valence-electron chi connectivity index (χ1n) is 7.05. The molecule has 0 aliphatic heterocycles. The lowest BCUT2D eigenvalue weighted by molar-refractivity contribution is 0.185. The molecule has 0 N–H and O–H groups in total. The first-order valence-corrected chi connectivity index (χ1v) is 8.24. The molecule has 0 aliphatic rings. The number of methoxy groups -OCH3 is 1. The summed E-state index contributed by atoms with van der Waals surface area (Å²) in [7, 11) is 1.68. The Morgan fingerprint density at radius 3 is 2.65 bits per heavy atom. The van der Waals surface area contributed by atoms with Crippen molar-refractivity contribution in [3.8, 4) is 11.4 Å². The van der Waals surface area contributed by atoms with Crippen LogP contribution < -0.4 is 0 Å². The molecule has 3 aromatic rings. The van der Waals surface area contributed by atoms with E-state index in [-0.39, 0.29) is 0 Å². The predicted octanol–water partition coefficient (Wildman–Crippen LogP) is 3.79. The highest BCUT2D eigenvalue weighted by atomic mass is 35.5. The Kier molecular flexibility index (Phi) is 5.27. The van der Waals surface area contributed by atoms with Gasteiger partial charge in [-0.05, 0) is 48.2 Å². The number of benzene rings is 1. The van der Waals surface area contributed by atoms with E-state index >= 15 is 0 Å². The molecule has 1 aromatic carbocycles. The fourth-order valence-electron chi connectivity index (χ4n) is 2.06. The largest absolute Gasteiger partial charge is 0.383 e. The number of hydrogen-bond donors (Lipinski definition) is 0. The van der Waals surface area contributed by atoms with Crippen LogP contribution in [0.2, 0.25) is 5.02 Å². The van der Waals surface area contributed by atoms with Crippen molar-refractivity contribution in [3.63, 3.8) is 0 Å². The van der Waals surface area contributed by atoms with Gasteiger partial charge < -0.3 is 4.74 Å². The average molecular weight is 347 g/mol. The third-order valence-electron chi connectivity index (χ3n) is 3.17. The van der Waals surface area contributed by atoms with Crippen LogP contribution in [0.3, 0.4) is 0 Å². The van der Waals surface area contributed by atoms with Crippen molar-refractivity contribution in [2.24, 2.45) is 0 Å². The van der Waals surface area contributed by atoms with Gasteiger partial charge in [-0.3, -0.25) is 4.57 Å². The Balaban J connectivity index is 1.95. The summed E-state index contributed by atoms with van der Waals surface area (Å²) < 4.78 is 7.24. The minimum Gasteiger partial charge on any atom is -0.383 e. The van der Waals surface area contributed by atoms with Crippen molar-refractivity contribution in [1.82, 2.24) is 19.7 Å². The van der Waals surface area contributed by atoms with E-state index in [4.69, 9.17) is 16.3 Å². The highest BCUT2D eigenvalue weighted by Gasteiger charge is 2.15. The summed E-state index contributed by atoms with van der Waals surface area (Å²) in [5.74, 6) is 0.789. The van der Waals surface area contributed by atoms with Gasteiger partial charge >= 0.3 is 0 Å². The number of pyridine rings is 1. The van der Waals surface area contributed by atoms with Crippen molar-refractivity contribution in [3.05, 3.63) is 53.7 Å². The molecule has 0 saturated heterocycles. The van der Waals surface area contributed by atoms with Gasteiger partial charge in [-0.2, -0.15) is 0 Å². The number of hydrogen-bond acceptors (Lipinski definition) is 5. The van der Waals surface area contributed by atoms with Crippen molar-refractivity contribution < 1.29 is 4.74 Å². The lowest BCUT2D eigenvalue weighted by Crippen LogP contribution is -2.07. The Labute approximate surface area is 143 Å². The second-order valence-electron chi connectivity index (χ2n) is 4.73. The smallest absolute Gasteiger partial charge is 0.197 e. The summed E-state index contributed by atoms with van der Waals surface area (Å²) >= 11 is 7.44. The minimum absolute atomic E-state index is 0.578. The maximum atomic E-state index is 5.96. The number of ether oxygens (including phenoxy) is 1. The molecule has 23 heavy (non-hydrogen) atoms. The third-order valence-corrected chi connectivity index (χ3v) is 4.36. The first-order chi connectivity index (χ1) is 11.3. The number of aromatic nitrogens is 4. The average Bonchev–Trinajstić information content (AvgIpc) is 2.97.